The zero-order valence-electron chi connectivity index (χ0n) is 13.4. The quantitative estimate of drug-likeness (QED) is 0.647. The first-order valence-corrected chi connectivity index (χ1v) is 7.92. The molecule has 1 saturated heterocycles. The van der Waals surface area contributed by atoms with Crippen LogP contribution in [-0.2, 0) is 4.79 Å². The molecule has 1 heterocycles. The highest BCUT2D eigenvalue weighted by molar-refractivity contribution is 5.79. The molecule has 118 valence electrons. The molecule has 20 heavy (non-hydrogen) atoms. The maximum absolute atomic E-state index is 11.4. The lowest BCUT2D eigenvalue weighted by Gasteiger charge is -2.32. The summed E-state index contributed by atoms with van der Waals surface area (Å²) in [6, 6.07) is -0.185. The van der Waals surface area contributed by atoms with Crippen molar-refractivity contribution in [2.24, 2.45) is 11.7 Å². The maximum atomic E-state index is 11.4. The Morgan fingerprint density at radius 2 is 2.10 bits per heavy atom. The minimum atomic E-state index is -0.230. The Morgan fingerprint density at radius 1 is 1.45 bits per heavy atom. The van der Waals surface area contributed by atoms with E-state index in [9.17, 15) is 4.79 Å². The third-order valence-corrected chi connectivity index (χ3v) is 4.19. The lowest BCUT2D eigenvalue weighted by Crippen LogP contribution is -2.44. The van der Waals surface area contributed by atoms with E-state index >= 15 is 0 Å². The summed E-state index contributed by atoms with van der Waals surface area (Å²) in [6.07, 6.45) is 4.40. The normalized spacial score (nSPS) is 19.4. The van der Waals surface area contributed by atoms with Gasteiger partial charge in [-0.1, -0.05) is 6.92 Å². The molecule has 5 nitrogen and oxygen atoms in total. The minimum Gasteiger partial charge on any atom is -0.368 e. The van der Waals surface area contributed by atoms with E-state index < -0.39 is 0 Å². The van der Waals surface area contributed by atoms with Crippen molar-refractivity contribution in [1.29, 1.82) is 0 Å². The molecule has 0 aromatic rings. The molecule has 0 aromatic carbocycles. The summed E-state index contributed by atoms with van der Waals surface area (Å²) in [6.45, 7) is 7.42. The molecule has 1 fully saturated rings. The third-order valence-electron chi connectivity index (χ3n) is 4.19. The Labute approximate surface area is 123 Å². The molecule has 1 unspecified atom stereocenters. The Kier molecular flexibility index (Phi) is 8.11. The van der Waals surface area contributed by atoms with Crippen molar-refractivity contribution in [2.75, 3.05) is 46.8 Å². The summed E-state index contributed by atoms with van der Waals surface area (Å²) >= 11 is 0. The zero-order chi connectivity index (χ0) is 15.0. The number of hydrogen-bond donors (Lipinski definition) is 2. The SMILES string of the molecule is CCCNC(CCN(C)CC1CCN(C)CC1)C(N)=O. The van der Waals surface area contributed by atoms with Gasteiger partial charge in [-0.25, -0.2) is 0 Å². The number of nitrogens with one attached hydrogen (secondary N) is 1. The molecule has 1 aliphatic heterocycles. The Hall–Kier alpha value is -0.650. The first-order chi connectivity index (χ1) is 9.52. The molecule has 1 aliphatic rings. The second kappa shape index (κ2) is 9.32. The van der Waals surface area contributed by atoms with Crippen LogP contribution in [-0.4, -0.2) is 68.6 Å². The standard InChI is InChI=1S/C15H32N4O/c1-4-8-17-14(15(16)20)7-11-19(3)12-13-5-9-18(2)10-6-13/h13-14,17H,4-12H2,1-3H3,(H2,16,20). The van der Waals surface area contributed by atoms with Crippen LogP contribution >= 0.6 is 0 Å². The molecular formula is C15H32N4O. The summed E-state index contributed by atoms with van der Waals surface area (Å²) in [5, 5.41) is 3.23. The van der Waals surface area contributed by atoms with Gasteiger partial charge < -0.3 is 20.9 Å². The summed E-state index contributed by atoms with van der Waals surface area (Å²) in [5.41, 5.74) is 5.44. The number of nitrogens with two attached hydrogens (primary N) is 1. The Morgan fingerprint density at radius 3 is 2.65 bits per heavy atom. The fourth-order valence-corrected chi connectivity index (χ4v) is 2.79. The van der Waals surface area contributed by atoms with Crippen molar-refractivity contribution in [3.05, 3.63) is 0 Å². The number of nitrogens with zero attached hydrogens (tertiary/aromatic N) is 2. The Bertz CT molecular complexity index is 277. The molecule has 0 aromatic heterocycles. The van der Waals surface area contributed by atoms with E-state index in [-0.39, 0.29) is 11.9 Å². The smallest absolute Gasteiger partial charge is 0.234 e. The van der Waals surface area contributed by atoms with Gasteiger partial charge in [-0.05, 0) is 71.9 Å². The summed E-state index contributed by atoms with van der Waals surface area (Å²) in [5.74, 6) is 0.568. The van der Waals surface area contributed by atoms with Gasteiger partial charge in [0, 0.05) is 6.54 Å². The average molecular weight is 284 g/mol. The van der Waals surface area contributed by atoms with Gasteiger partial charge in [0.05, 0.1) is 6.04 Å². The highest BCUT2D eigenvalue weighted by Gasteiger charge is 2.19. The molecule has 0 radical (unpaired) electrons. The Balaban J connectivity index is 2.23. The van der Waals surface area contributed by atoms with Gasteiger partial charge in [-0.2, -0.15) is 0 Å². The average Bonchev–Trinajstić information content (AvgIpc) is 2.41. The molecule has 3 N–H and O–H groups in total. The summed E-state index contributed by atoms with van der Waals surface area (Å²) in [4.78, 5) is 16.1. The van der Waals surface area contributed by atoms with Gasteiger partial charge in [-0.3, -0.25) is 4.79 Å². The van der Waals surface area contributed by atoms with E-state index in [1.54, 1.807) is 0 Å². The summed E-state index contributed by atoms with van der Waals surface area (Å²) in [7, 11) is 4.34. The minimum absolute atomic E-state index is 0.185. The van der Waals surface area contributed by atoms with Crippen LogP contribution in [0, 0.1) is 5.92 Å². The van der Waals surface area contributed by atoms with Crippen molar-refractivity contribution in [1.82, 2.24) is 15.1 Å². The lowest BCUT2D eigenvalue weighted by molar-refractivity contribution is -0.120. The van der Waals surface area contributed by atoms with Crippen LogP contribution in [0.1, 0.15) is 32.6 Å². The second-order valence-corrected chi connectivity index (χ2v) is 6.21. The molecule has 0 bridgehead atoms. The van der Waals surface area contributed by atoms with Crippen molar-refractivity contribution in [3.8, 4) is 0 Å². The largest absolute Gasteiger partial charge is 0.368 e. The number of likely N-dealkylation sites (tertiary alicyclic amines) is 1. The van der Waals surface area contributed by atoms with Crippen molar-refractivity contribution < 1.29 is 4.79 Å². The first-order valence-electron chi connectivity index (χ1n) is 7.92. The fourth-order valence-electron chi connectivity index (χ4n) is 2.79. The number of carbonyl (C=O) groups excluding carboxylic acids is 1. The highest BCUT2D eigenvalue weighted by Crippen LogP contribution is 2.16. The van der Waals surface area contributed by atoms with Crippen LogP contribution < -0.4 is 11.1 Å². The van der Waals surface area contributed by atoms with E-state index in [2.05, 4.69) is 36.1 Å². The van der Waals surface area contributed by atoms with Crippen LogP contribution in [0.25, 0.3) is 0 Å². The van der Waals surface area contributed by atoms with E-state index in [1.807, 2.05) is 0 Å². The first kappa shape index (κ1) is 17.4. The zero-order valence-corrected chi connectivity index (χ0v) is 13.4. The van der Waals surface area contributed by atoms with Gasteiger partial charge in [-0.15, -0.1) is 0 Å². The van der Waals surface area contributed by atoms with Crippen LogP contribution in [0.15, 0.2) is 0 Å². The van der Waals surface area contributed by atoms with Crippen LogP contribution in [0.2, 0.25) is 0 Å². The molecular weight excluding hydrogens is 252 g/mol. The molecule has 0 saturated carbocycles. The van der Waals surface area contributed by atoms with Crippen LogP contribution in [0.4, 0.5) is 0 Å². The number of piperidine rings is 1. The van der Waals surface area contributed by atoms with Gasteiger partial charge in [0.25, 0.3) is 0 Å². The maximum Gasteiger partial charge on any atom is 0.234 e. The monoisotopic (exact) mass is 284 g/mol. The van der Waals surface area contributed by atoms with Crippen LogP contribution in [0.5, 0.6) is 0 Å². The molecule has 0 spiro atoms. The van der Waals surface area contributed by atoms with Gasteiger partial charge >= 0.3 is 0 Å². The predicted octanol–water partition coefficient (Wildman–Crippen LogP) is 0.504. The summed E-state index contributed by atoms with van der Waals surface area (Å²) < 4.78 is 0. The second-order valence-electron chi connectivity index (χ2n) is 6.21. The van der Waals surface area contributed by atoms with Crippen molar-refractivity contribution in [3.63, 3.8) is 0 Å². The van der Waals surface area contributed by atoms with E-state index in [4.69, 9.17) is 5.73 Å². The number of carbonyl (C=O) groups is 1. The van der Waals surface area contributed by atoms with Gasteiger partial charge in [0.1, 0.15) is 0 Å². The van der Waals surface area contributed by atoms with Crippen LogP contribution in [0.3, 0.4) is 0 Å². The van der Waals surface area contributed by atoms with E-state index in [0.717, 1.165) is 38.4 Å². The molecule has 5 heteroatoms. The molecule has 0 aliphatic carbocycles. The number of primary amides is 1. The van der Waals surface area contributed by atoms with Crippen molar-refractivity contribution in [2.45, 2.75) is 38.6 Å². The van der Waals surface area contributed by atoms with Gasteiger partial charge in [0.2, 0.25) is 5.91 Å². The predicted molar refractivity (Wildman–Crippen MR) is 83.6 cm³/mol. The van der Waals surface area contributed by atoms with Gasteiger partial charge in [0.15, 0.2) is 0 Å². The molecule has 1 atom stereocenters. The van der Waals surface area contributed by atoms with E-state index in [0.29, 0.717) is 0 Å². The molecule has 1 amide bonds. The number of hydrogen-bond acceptors (Lipinski definition) is 4. The number of amides is 1. The third kappa shape index (κ3) is 6.68. The highest BCUT2D eigenvalue weighted by atomic mass is 16.1. The number of rotatable bonds is 9. The van der Waals surface area contributed by atoms with Crippen molar-refractivity contribution >= 4 is 5.91 Å². The molecule has 1 rings (SSSR count). The van der Waals surface area contributed by atoms with E-state index in [1.165, 1.54) is 25.9 Å². The topological polar surface area (TPSA) is 61.6 Å². The lowest BCUT2D eigenvalue weighted by atomic mass is 9.96. The fraction of sp³-hybridized carbons (Fsp3) is 0.933.